The number of carbonyl (C=O) groups is 1. The van der Waals surface area contributed by atoms with Crippen LogP contribution >= 0.6 is 0 Å². The molecule has 12 heteroatoms. The number of hydrogen-bond acceptors (Lipinski definition) is 8. The van der Waals surface area contributed by atoms with Gasteiger partial charge in [-0.1, -0.05) is 0 Å². The number of anilines is 2. The zero-order valence-electron chi connectivity index (χ0n) is 18.5. The second-order valence-corrected chi connectivity index (χ2v) is 8.79. The molecule has 2 aliphatic heterocycles. The van der Waals surface area contributed by atoms with E-state index in [4.69, 9.17) is 4.74 Å². The summed E-state index contributed by atoms with van der Waals surface area (Å²) in [5.41, 5.74) is 0.922. The molecule has 0 aliphatic carbocycles. The van der Waals surface area contributed by atoms with Crippen molar-refractivity contribution in [1.82, 2.24) is 24.9 Å². The summed E-state index contributed by atoms with van der Waals surface area (Å²) < 4.78 is 34.0. The molecule has 3 aromatic heterocycles. The highest BCUT2D eigenvalue weighted by Crippen LogP contribution is 2.40. The quantitative estimate of drug-likeness (QED) is 0.493. The van der Waals surface area contributed by atoms with Crippen LogP contribution in [0.3, 0.4) is 0 Å². The third-order valence-electron chi connectivity index (χ3n) is 6.13. The van der Waals surface area contributed by atoms with Crippen molar-refractivity contribution in [2.24, 2.45) is 0 Å². The lowest BCUT2D eigenvalue weighted by molar-refractivity contribution is 0.0416. The van der Waals surface area contributed by atoms with Gasteiger partial charge in [0.15, 0.2) is 11.5 Å². The molecule has 0 bridgehead atoms. The molecule has 10 nitrogen and oxygen atoms in total. The van der Waals surface area contributed by atoms with Gasteiger partial charge in [0.2, 0.25) is 12.3 Å². The number of amides is 1. The maximum Gasteiger partial charge on any atom is 0.261 e. The molecule has 0 saturated carbocycles. The number of carbonyl (C=O) groups excluding carboxylic acids is 1. The second-order valence-electron chi connectivity index (χ2n) is 8.79. The largest absolute Gasteiger partial charge is 0.468 e. The summed E-state index contributed by atoms with van der Waals surface area (Å²) in [6.45, 7) is 2.93. The molecule has 5 rings (SSSR count). The van der Waals surface area contributed by atoms with Gasteiger partial charge in [0.1, 0.15) is 11.2 Å². The van der Waals surface area contributed by atoms with Crippen LogP contribution in [0.4, 0.5) is 20.3 Å². The van der Waals surface area contributed by atoms with Crippen molar-refractivity contribution in [3.05, 3.63) is 41.9 Å². The van der Waals surface area contributed by atoms with E-state index in [1.807, 2.05) is 0 Å². The number of aliphatic hydroxyl groups excluding tert-OH is 1. The van der Waals surface area contributed by atoms with Gasteiger partial charge in [-0.2, -0.15) is 10.1 Å². The molecular formula is C22H25F2N7O3. The van der Waals surface area contributed by atoms with Crippen LogP contribution in [-0.2, 0) is 6.42 Å². The molecule has 1 amide bonds. The average molecular weight is 473 g/mol. The number of nitrogens with zero attached hydrogens (tertiary/aromatic N) is 5. The number of pyridine rings is 1. The number of rotatable bonds is 6. The number of aliphatic hydroxyl groups is 1. The Kier molecular flexibility index (Phi) is 5.78. The number of aromatic nitrogens is 4. The molecule has 3 aromatic rings. The first-order valence-electron chi connectivity index (χ1n) is 11.1. The highest BCUT2D eigenvalue weighted by molar-refractivity contribution is 6.09. The lowest BCUT2D eigenvalue weighted by Gasteiger charge is -2.38. The minimum atomic E-state index is -2.49. The van der Waals surface area contributed by atoms with Gasteiger partial charge in [-0.3, -0.25) is 4.79 Å². The lowest BCUT2D eigenvalue weighted by atomic mass is 10.0. The molecular weight excluding hydrogens is 448 g/mol. The van der Waals surface area contributed by atoms with E-state index in [1.165, 1.54) is 10.7 Å². The highest BCUT2D eigenvalue weighted by Gasteiger charge is 2.38. The standard InChI is InChI=1S/C22H25F2N7O3/c1-22(12-32)9-13-7-16(28-20(33)15-11-27-31-5-2-3-26-18(15)31)19(29-21(13)34-22)30-6-4-25-10-14(30)8-17(23)24/h2-3,5,7,11,14,17,25,32H,4,6,8-10,12H2,1H3,(H,28,33). The number of fused-ring (bicyclic) bond motifs is 2. The number of hydrogen-bond donors (Lipinski definition) is 3. The van der Waals surface area contributed by atoms with Crippen LogP contribution in [0.1, 0.15) is 29.3 Å². The van der Waals surface area contributed by atoms with E-state index >= 15 is 0 Å². The Labute approximate surface area is 193 Å². The minimum absolute atomic E-state index is 0.212. The summed E-state index contributed by atoms with van der Waals surface area (Å²) in [7, 11) is 0. The van der Waals surface area contributed by atoms with Crippen molar-refractivity contribution in [3.63, 3.8) is 0 Å². The molecule has 34 heavy (non-hydrogen) atoms. The fourth-order valence-electron chi connectivity index (χ4n) is 4.45. The van der Waals surface area contributed by atoms with E-state index in [2.05, 4.69) is 25.7 Å². The lowest BCUT2D eigenvalue weighted by Crippen LogP contribution is -2.52. The third kappa shape index (κ3) is 4.14. The van der Waals surface area contributed by atoms with E-state index in [9.17, 15) is 18.7 Å². The molecule has 0 radical (unpaired) electrons. The van der Waals surface area contributed by atoms with Gasteiger partial charge in [-0.25, -0.2) is 18.3 Å². The van der Waals surface area contributed by atoms with Gasteiger partial charge in [-0.15, -0.1) is 0 Å². The molecule has 5 heterocycles. The molecule has 180 valence electrons. The van der Waals surface area contributed by atoms with Gasteiger partial charge in [-0.05, 0) is 19.1 Å². The fraction of sp³-hybridized carbons (Fsp3) is 0.455. The van der Waals surface area contributed by atoms with E-state index in [0.29, 0.717) is 54.7 Å². The van der Waals surface area contributed by atoms with Crippen LogP contribution in [0, 0.1) is 0 Å². The zero-order valence-corrected chi connectivity index (χ0v) is 18.5. The number of alkyl halides is 2. The predicted molar refractivity (Wildman–Crippen MR) is 120 cm³/mol. The molecule has 3 N–H and O–H groups in total. The highest BCUT2D eigenvalue weighted by atomic mass is 19.3. The van der Waals surface area contributed by atoms with Crippen molar-refractivity contribution in [3.8, 4) is 5.88 Å². The van der Waals surface area contributed by atoms with Crippen molar-refractivity contribution < 1.29 is 23.4 Å². The maximum atomic E-state index is 13.3. The molecule has 0 spiro atoms. The first-order valence-corrected chi connectivity index (χ1v) is 11.1. The first-order chi connectivity index (χ1) is 16.4. The van der Waals surface area contributed by atoms with Gasteiger partial charge in [0.25, 0.3) is 5.91 Å². The van der Waals surface area contributed by atoms with Crippen LogP contribution < -0.4 is 20.3 Å². The Morgan fingerprint density at radius 2 is 2.32 bits per heavy atom. The number of ether oxygens (including phenoxy) is 1. The molecule has 1 saturated heterocycles. The van der Waals surface area contributed by atoms with E-state index in [1.54, 1.807) is 36.4 Å². The smallest absolute Gasteiger partial charge is 0.261 e. The topological polar surface area (TPSA) is 117 Å². The number of piperazine rings is 1. The monoisotopic (exact) mass is 473 g/mol. The summed E-state index contributed by atoms with van der Waals surface area (Å²) >= 11 is 0. The van der Waals surface area contributed by atoms with Gasteiger partial charge < -0.3 is 25.4 Å². The average Bonchev–Trinajstić information content (AvgIpc) is 3.39. The molecule has 2 atom stereocenters. The Morgan fingerprint density at radius 1 is 1.47 bits per heavy atom. The van der Waals surface area contributed by atoms with Crippen LogP contribution in [-0.4, -0.2) is 74.9 Å². The minimum Gasteiger partial charge on any atom is -0.468 e. The Bertz CT molecular complexity index is 1220. The summed E-state index contributed by atoms with van der Waals surface area (Å²) in [6, 6.07) is 2.94. The number of halogens is 2. The SMILES string of the molecule is CC1(CO)Cc2cc(NC(=O)c3cnn4cccnc34)c(N3CCNCC3CC(F)F)nc2O1. The fourth-order valence-corrected chi connectivity index (χ4v) is 4.45. The normalized spacial score (nSPS) is 22.1. The van der Waals surface area contributed by atoms with Crippen LogP contribution in [0.2, 0.25) is 0 Å². The third-order valence-corrected chi connectivity index (χ3v) is 6.13. The Balaban J connectivity index is 1.54. The van der Waals surface area contributed by atoms with Crippen molar-refractivity contribution >= 4 is 23.1 Å². The van der Waals surface area contributed by atoms with E-state index < -0.39 is 24.0 Å². The molecule has 1 fully saturated rings. The molecule has 2 unspecified atom stereocenters. The summed E-state index contributed by atoms with van der Waals surface area (Å²) in [6.07, 6.45) is 2.25. The van der Waals surface area contributed by atoms with Gasteiger partial charge in [0.05, 0.1) is 18.5 Å². The van der Waals surface area contributed by atoms with Gasteiger partial charge >= 0.3 is 0 Å². The van der Waals surface area contributed by atoms with Crippen LogP contribution in [0.25, 0.3) is 5.65 Å². The summed E-state index contributed by atoms with van der Waals surface area (Å²) in [4.78, 5) is 23.9. The molecule has 0 aromatic carbocycles. The van der Waals surface area contributed by atoms with Crippen LogP contribution in [0.5, 0.6) is 5.88 Å². The zero-order chi connectivity index (χ0) is 23.9. The second kappa shape index (κ2) is 8.76. The summed E-state index contributed by atoms with van der Waals surface area (Å²) in [5, 5.41) is 19.9. The number of nitrogens with one attached hydrogen (secondary N) is 2. The summed E-state index contributed by atoms with van der Waals surface area (Å²) in [5.74, 6) is 0.239. The molecule has 2 aliphatic rings. The first kappa shape index (κ1) is 22.4. The maximum absolute atomic E-state index is 13.3. The Morgan fingerprint density at radius 3 is 3.12 bits per heavy atom. The van der Waals surface area contributed by atoms with Crippen molar-refractivity contribution in [1.29, 1.82) is 0 Å². The van der Waals surface area contributed by atoms with Crippen molar-refractivity contribution in [2.45, 2.75) is 37.8 Å². The Hall–Kier alpha value is -3.38. The van der Waals surface area contributed by atoms with Crippen molar-refractivity contribution in [2.75, 3.05) is 36.5 Å². The van der Waals surface area contributed by atoms with Crippen LogP contribution in [0.15, 0.2) is 30.7 Å². The van der Waals surface area contributed by atoms with Gasteiger partial charge in [0, 0.05) is 56.5 Å². The predicted octanol–water partition coefficient (Wildman–Crippen LogP) is 1.50. The van der Waals surface area contributed by atoms with E-state index in [0.717, 1.165) is 0 Å². The van der Waals surface area contributed by atoms with E-state index in [-0.39, 0.29) is 18.6 Å².